The van der Waals surface area contributed by atoms with E-state index in [1.54, 1.807) is 6.07 Å². The predicted molar refractivity (Wildman–Crippen MR) is 82.1 cm³/mol. The first-order valence-corrected chi connectivity index (χ1v) is 7.36. The van der Waals surface area contributed by atoms with E-state index >= 15 is 0 Å². The van der Waals surface area contributed by atoms with Gasteiger partial charge in [-0.15, -0.1) is 0 Å². The summed E-state index contributed by atoms with van der Waals surface area (Å²) in [6.07, 6.45) is 3.83. The maximum Gasteiger partial charge on any atom is 0.255 e. The van der Waals surface area contributed by atoms with Gasteiger partial charge in [0.2, 0.25) is 0 Å². The monoisotopic (exact) mass is 304 g/mol. The lowest BCUT2D eigenvalue weighted by atomic mass is 10.1. The summed E-state index contributed by atoms with van der Waals surface area (Å²) in [5, 5.41) is 10.2. The molecule has 21 heavy (non-hydrogen) atoms. The summed E-state index contributed by atoms with van der Waals surface area (Å²) in [5.41, 5.74) is 7.85. The third-order valence-corrected chi connectivity index (χ3v) is 4.08. The van der Waals surface area contributed by atoms with Gasteiger partial charge in [0.1, 0.15) is 0 Å². The number of H-pyrrole nitrogens is 1. The third kappa shape index (κ3) is 3.09. The van der Waals surface area contributed by atoms with E-state index < -0.39 is 0 Å². The number of aromatic amines is 1. The molecule has 3 rings (SSSR count). The minimum Gasteiger partial charge on any atom is -0.350 e. The molecule has 5 nitrogen and oxygen atoms in total. The van der Waals surface area contributed by atoms with Gasteiger partial charge < -0.3 is 11.1 Å². The number of nitrogens with two attached hydrogens (primary N) is 1. The molecule has 1 heterocycles. The highest BCUT2D eigenvalue weighted by Crippen LogP contribution is 2.31. The van der Waals surface area contributed by atoms with E-state index in [0.717, 1.165) is 18.4 Å². The van der Waals surface area contributed by atoms with Crippen molar-refractivity contribution >= 4 is 17.5 Å². The molecule has 1 aromatic heterocycles. The topological polar surface area (TPSA) is 83.8 Å². The molecule has 0 aliphatic heterocycles. The van der Waals surface area contributed by atoms with Crippen LogP contribution < -0.4 is 11.1 Å². The van der Waals surface area contributed by atoms with E-state index in [9.17, 15) is 4.79 Å². The van der Waals surface area contributed by atoms with Gasteiger partial charge in [-0.25, -0.2) is 0 Å². The Morgan fingerprint density at radius 1 is 1.48 bits per heavy atom. The van der Waals surface area contributed by atoms with Crippen LogP contribution in [0.15, 0.2) is 30.5 Å². The molecule has 6 heteroatoms. The molecule has 1 unspecified atom stereocenters. The standard InChI is InChI=1S/C15H17ClN4O/c16-12-4-2-1-3-10(12)14-11(7-19-20-14)15(21)18-8-13(17)9-5-6-9/h1-4,7,9,13H,5-6,8,17H2,(H,18,21)(H,19,20). The van der Waals surface area contributed by atoms with Gasteiger partial charge in [0.25, 0.3) is 5.91 Å². The Labute approximate surface area is 127 Å². The van der Waals surface area contributed by atoms with Crippen molar-refractivity contribution in [3.05, 3.63) is 41.0 Å². The van der Waals surface area contributed by atoms with Gasteiger partial charge in [-0.2, -0.15) is 5.10 Å². The van der Waals surface area contributed by atoms with Crippen molar-refractivity contribution in [1.29, 1.82) is 0 Å². The SMILES string of the molecule is NC(CNC(=O)c1cn[nH]c1-c1ccccc1Cl)C1CC1. The second-order valence-corrected chi connectivity index (χ2v) is 5.76. The molecule has 110 valence electrons. The molecule has 0 saturated heterocycles. The average Bonchev–Trinajstić information content (AvgIpc) is 3.23. The number of benzene rings is 1. The number of hydrogen-bond donors (Lipinski definition) is 3. The maximum absolute atomic E-state index is 12.3. The first kappa shape index (κ1) is 14.1. The number of aromatic nitrogens is 2. The Hall–Kier alpha value is -1.85. The molecule has 2 aromatic rings. The molecule has 0 radical (unpaired) electrons. The zero-order valence-electron chi connectivity index (χ0n) is 11.5. The molecule has 1 aliphatic carbocycles. The Kier molecular flexibility index (Phi) is 3.94. The predicted octanol–water partition coefficient (Wildman–Crippen LogP) is 2.20. The van der Waals surface area contributed by atoms with E-state index in [1.807, 2.05) is 18.2 Å². The second kappa shape index (κ2) is 5.87. The molecule has 0 spiro atoms. The lowest BCUT2D eigenvalue weighted by molar-refractivity contribution is 0.0951. The Bertz CT molecular complexity index is 651. The van der Waals surface area contributed by atoms with Crippen molar-refractivity contribution in [2.24, 2.45) is 11.7 Å². The van der Waals surface area contributed by atoms with E-state index in [1.165, 1.54) is 6.20 Å². The summed E-state index contributed by atoms with van der Waals surface area (Å²) in [4.78, 5) is 12.3. The first-order chi connectivity index (χ1) is 10.2. The molecular weight excluding hydrogens is 288 g/mol. The minimum absolute atomic E-state index is 0.0321. The van der Waals surface area contributed by atoms with Crippen LogP contribution in [-0.4, -0.2) is 28.7 Å². The summed E-state index contributed by atoms with van der Waals surface area (Å²) < 4.78 is 0. The number of hydrogen-bond acceptors (Lipinski definition) is 3. The number of carbonyl (C=O) groups excluding carboxylic acids is 1. The number of rotatable bonds is 5. The first-order valence-electron chi connectivity index (χ1n) is 6.99. The molecule has 1 aliphatic rings. The largest absolute Gasteiger partial charge is 0.350 e. The molecule has 4 N–H and O–H groups in total. The van der Waals surface area contributed by atoms with Crippen LogP contribution in [0.2, 0.25) is 5.02 Å². The van der Waals surface area contributed by atoms with Crippen LogP contribution in [0, 0.1) is 5.92 Å². The van der Waals surface area contributed by atoms with Gasteiger partial charge >= 0.3 is 0 Å². The van der Waals surface area contributed by atoms with Gasteiger partial charge in [0, 0.05) is 23.2 Å². The quantitative estimate of drug-likeness (QED) is 0.792. The fourth-order valence-corrected chi connectivity index (χ4v) is 2.55. The van der Waals surface area contributed by atoms with Crippen LogP contribution >= 0.6 is 11.6 Å². The minimum atomic E-state index is -0.185. The van der Waals surface area contributed by atoms with Crippen LogP contribution in [0.3, 0.4) is 0 Å². The zero-order chi connectivity index (χ0) is 14.8. The molecule has 0 bridgehead atoms. The Balaban J connectivity index is 1.75. The number of nitrogens with one attached hydrogen (secondary N) is 2. The maximum atomic E-state index is 12.3. The molecule has 1 amide bonds. The van der Waals surface area contributed by atoms with Gasteiger partial charge in [-0.1, -0.05) is 29.8 Å². The highest BCUT2D eigenvalue weighted by atomic mass is 35.5. The van der Waals surface area contributed by atoms with E-state index in [4.69, 9.17) is 17.3 Å². The second-order valence-electron chi connectivity index (χ2n) is 5.35. The molecule has 1 aromatic carbocycles. The smallest absolute Gasteiger partial charge is 0.255 e. The van der Waals surface area contributed by atoms with Gasteiger partial charge in [-0.3, -0.25) is 9.89 Å². The summed E-state index contributed by atoms with van der Waals surface area (Å²) in [6.45, 7) is 0.483. The molecular formula is C15H17ClN4O. The van der Waals surface area contributed by atoms with Gasteiger partial charge in [-0.05, 0) is 24.8 Å². The van der Waals surface area contributed by atoms with Crippen LogP contribution in [-0.2, 0) is 0 Å². The fraction of sp³-hybridized carbons (Fsp3) is 0.333. The van der Waals surface area contributed by atoms with Crippen LogP contribution in [0.25, 0.3) is 11.3 Å². The summed E-state index contributed by atoms with van der Waals surface area (Å²) in [5.74, 6) is 0.368. The number of halogens is 1. The van der Waals surface area contributed by atoms with E-state index in [-0.39, 0.29) is 11.9 Å². The van der Waals surface area contributed by atoms with Crippen LogP contribution in [0.1, 0.15) is 23.2 Å². The normalized spacial score (nSPS) is 15.7. The molecule has 1 saturated carbocycles. The lowest BCUT2D eigenvalue weighted by Gasteiger charge is -2.11. The van der Waals surface area contributed by atoms with E-state index in [0.29, 0.717) is 28.7 Å². The van der Waals surface area contributed by atoms with Crippen molar-refractivity contribution in [2.45, 2.75) is 18.9 Å². The third-order valence-electron chi connectivity index (χ3n) is 3.75. The summed E-state index contributed by atoms with van der Waals surface area (Å²) >= 11 is 6.17. The highest BCUT2D eigenvalue weighted by molar-refractivity contribution is 6.33. The van der Waals surface area contributed by atoms with Crippen LogP contribution in [0.4, 0.5) is 0 Å². The number of carbonyl (C=O) groups is 1. The van der Waals surface area contributed by atoms with Gasteiger partial charge in [0.15, 0.2) is 0 Å². The zero-order valence-corrected chi connectivity index (χ0v) is 12.2. The Morgan fingerprint density at radius 3 is 2.95 bits per heavy atom. The van der Waals surface area contributed by atoms with Crippen molar-refractivity contribution in [1.82, 2.24) is 15.5 Å². The lowest BCUT2D eigenvalue weighted by Crippen LogP contribution is -2.38. The number of nitrogens with zero attached hydrogens (tertiary/aromatic N) is 1. The van der Waals surface area contributed by atoms with E-state index in [2.05, 4.69) is 15.5 Å². The Morgan fingerprint density at radius 2 is 2.24 bits per heavy atom. The van der Waals surface area contributed by atoms with Crippen molar-refractivity contribution < 1.29 is 4.79 Å². The van der Waals surface area contributed by atoms with Crippen molar-refractivity contribution in [3.8, 4) is 11.3 Å². The van der Waals surface area contributed by atoms with Crippen molar-refractivity contribution in [3.63, 3.8) is 0 Å². The average molecular weight is 305 g/mol. The number of amides is 1. The van der Waals surface area contributed by atoms with Crippen LogP contribution in [0.5, 0.6) is 0 Å². The summed E-state index contributed by atoms with van der Waals surface area (Å²) in [7, 11) is 0. The molecule has 1 fully saturated rings. The van der Waals surface area contributed by atoms with Gasteiger partial charge in [0.05, 0.1) is 17.5 Å². The molecule has 1 atom stereocenters. The summed E-state index contributed by atoms with van der Waals surface area (Å²) in [6, 6.07) is 7.37. The fourth-order valence-electron chi connectivity index (χ4n) is 2.32. The van der Waals surface area contributed by atoms with Crippen molar-refractivity contribution in [2.75, 3.05) is 6.54 Å². The highest BCUT2D eigenvalue weighted by Gasteiger charge is 2.28.